The fourth-order valence-electron chi connectivity index (χ4n) is 1.19. The van der Waals surface area contributed by atoms with Crippen LogP contribution >= 0.6 is 11.3 Å². The van der Waals surface area contributed by atoms with E-state index in [9.17, 15) is 13.2 Å². The molecule has 0 aromatic carbocycles. The maximum absolute atomic E-state index is 11.6. The molecule has 0 atom stereocenters. The highest BCUT2D eigenvalue weighted by atomic mass is 32.2. The molecule has 0 saturated heterocycles. The molecule has 2 aromatic heterocycles. The van der Waals surface area contributed by atoms with Gasteiger partial charge in [-0.15, -0.1) is 11.3 Å². The fourth-order valence-corrected chi connectivity index (χ4v) is 2.28. The van der Waals surface area contributed by atoms with Crippen molar-refractivity contribution < 1.29 is 13.2 Å². The summed E-state index contributed by atoms with van der Waals surface area (Å²) < 4.78 is 22.4. The molecule has 0 aliphatic carbocycles. The second kappa shape index (κ2) is 4.83. The zero-order valence-corrected chi connectivity index (χ0v) is 11.0. The van der Waals surface area contributed by atoms with Crippen molar-refractivity contribution in [2.45, 2.75) is 5.03 Å². The highest BCUT2D eigenvalue weighted by Gasteiger charge is 2.10. The van der Waals surface area contributed by atoms with Gasteiger partial charge in [0.2, 0.25) is 0 Å². The van der Waals surface area contributed by atoms with Gasteiger partial charge in [0.05, 0.1) is 17.4 Å². The summed E-state index contributed by atoms with van der Waals surface area (Å²) in [5.41, 5.74) is 2.28. The number of aromatic nitrogens is 2. The number of pyridine rings is 1. The summed E-state index contributed by atoms with van der Waals surface area (Å²) in [5.74, 6) is -0.356. The van der Waals surface area contributed by atoms with Crippen molar-refractivity contribution in [2.24, 2.45) is 0 Å². The summed E-state index contributed by atoms with van der Waals surface area (Å²) in [7, 11) is -3.33. The summed E-state index contributed by atoms with van der Waals surface area (Å²) in [4.78, 5) is 19.3. The molecule has 0 fully saturated rings. The molecule has 1 N–H and O–H groups in total. The lowest BCUT2D eigenvalue weighted by molar-refractivity contribution is 0.102. The molecule has 0 aliphatic rings. The molecule has 94 valence electrons. The molecule has 2 rings (SSSR count). The van der Waals surface area contributed by atoms with Crippen molar-refractivity contribution in [3.63, 3.8) is 0 Å². The van der Waals surface area contributed by atoms with Crippen LogP contribution in [0.15, 0.2) is 34.2 Å². The Morgan fingerprint density at radius 1 is 1.33 bits per heavy atom. The number of hydrogen-bond donors (Lipinski definition) is 1. The predicted octanol–water partition coefficient (Wildman–Crippen LogP) is 1.19. The van der Waals surface area contributed by atoms with E-state index in [1.807, 2.05) is 0 Å². The van der Waals surface area contributed by atoms with Crippen LogP contribution in [0.5, 0.6) is 0 Å². The minimum atomic E-state index is -3.33. The maximum atomic E-state index is 11.6. The van der Waals surface area contributed by atoms with Gasteiger partial charge in [-0.3, -0.25) is 4.79 Å². The third-order valence-electron chi connectivity index (χ3n) is 2.04. The predicted molar refractivity (Wildman–Crippen MR) is 67.4 cm³/mol. The van der Waals surface area contributed by atoms with Crippen molar-refractivity contribution >= 4 is 32.8 Å². The van der Waals surface area contributed by atoms with Crippen LogP contribution in [0.1, 0.15) is 10.5 Å². The van der Waals surface area contributed by atoms with Gasteiger partial charge >= 0.3 is 0 Å². The number of nitrogens with zero attached hydrogens (tertiary/aromatic N) is 2. The molecule has 0 aliphatic heterocycles. The maximum Gasteiger partial charge on any atom is 0.275 e. The first-order valence-corrected chi connectivity index (χ1v) is 7.66. The van der Waals surface area contributed by atoms with Gasteiger partial charge in [0.15, 0.2) is 14.9 Å². The summed E-state index contributed by atoms with van der Waals surface area (Å²) in [6.45, 7) is 0. The molecule has 0 unspecified atom stereocenters. The molecule has 6 nitrogen and oxygen atoms in total. The third-order valence-corrected chi connectivity index (χ3v) is 3.63. The highest BCUT2D eigenvalue weighted by Crippen LogP contribution is 2.11. The number of thiazole rings is 1. The van der Waals surface area contributed by atoms with Gasteiger partial charge in [0.25, 0.3) is 5.91 Å². The third kappa shape index (κ3) is 2.90. The minimum Gasteiger partial charge on any atom is -0.319 e. The lowest BCUT2D eigenvalue weighted by Gasteiger charge is -2.03. The fraction of sp³-hybridized carbons (Fsp3) is 0.100. The molecule has 0 saturated carbocycles. The van der Waals surface area contributed by atoms with Crippen molar-refractivity contribution in [1.29, 1.82) is 0 Å². The van der Waals surface area contributed by atoms with Crippen LogP contribution in [0.25, 0.3) is 0 Å². The second-order valence-electron chi connectivity index (χ2n) is 3.49. The normalized spacial score (nSPS) is 11.2. The first-order chi connectivity index (χ1) is 8.47. The zero-order valence-electron chi connectivity index (χ0n) is 9.32. The van der Waals surface area contributed by atoms with E-state index >= 15 is 0 Å². The number of anilines is 1. The number of sulfone groups is 1. The van der Waals surface area contributed by atoms with Crippen molar-refractivity contribution in [3.8, 4) is 0 Å². The molecule has 18 heavy (non-hydrogen) atoms. The van der Waals surface area contributed by atoms with Gasteiger partial charge in [-0.25, -0.2) is 18.4 Å². The number of nitrogens with one attached hydrogen (secondary N) is 1. The van der Waals surface area contributed by atoms with E-state index in [1.54, 1.807) is 10.9 Å². The van der Waals surface area contributed by atoms with Gasteiger partial charge < -0.3 is 5.32 Å². The van der Waals surface area contributed by atoms with Crippen LogP contribution < -0.4 is 5.32 Å². The lowest BCUT2D eigenvalue weighted by atomic mass is 10.4. The van der Waals surface area contributed by atoms with E-state index < -0.39 is 9.84 Å². The number of rotatable bonds is 3. The Kier molecular flexibility index (Phi) is 3.39. The van der Waals surface area contributed by atoms with E-state index in [-0.39, 0.29) is 10.9 Å². The lowest BCUT2D eigenvalue weighted by Crippen LogP contribution is -2.12. The van der Waals surface area contributed by atoms with Gasteiger partial charge in [-0.2, -0.15) is 0 Å². The zero-order chi connectivity index (χ0) is 13.2. The van der Waals surface area contributed by atoms with Crippen LogP contribution in [0.2, 0.25) is 0 Å². The minimum absolute atomic E-state index is 0.0332. The first-order valence-electron chi connectivity index (χ1n) is 4.82. The van der Waals surface area contributed by atoms with Crippen LogP contribution in [0, 0.1) is 0 Å². The average Bonchev–Trinajstić information content (AvgIpc) is 2.82. The number of hydrogen-bond acceptors (Lipinski definition) is 6. The Morgan fingerprint density at radius 3 is 2.61 bits per heavy atom. The van der Waals surface area contributed by atoms with Gasteiger partial charge in [-0.1, -0.05) is 0 Å². The molecule has 0 spiro atoms. The van der Waals surface area contributed by atoms with Gasteiger partial charge in [-0.05, 0) is 12.1 Å². The largest absolute Gasteiger partial charge is 0.319 e. The number of carbonyl (C=O) groups excluding carboxylic acids is 1. The average molecular weight is 283 g/mol. The molecule has 2 aromatic rings. The Morgan fingerprint density at radius 2 is 2.11 bits per heavy atom. The van der Waals surface area contributed by atoms with Crippen LogP contribution in [0.3, 0.4) is 0 Å². The van der Waals surface area contributed by atoms with Crippen molar-refractivity contribution in [2.75, 3.05) is 11.6 Å². The van der Waals surface area contributed by atoms with Crippen LogP contribution in [-0.4, -0.2) is 30.5 Å². The standard InChI is InChI=1S/C10H9N3O3S2/c1-18(15,16)9-3-2-7(4-11-9)13-10(14)8-5-17-6-12-8/h2-6H,1H3,(H,13,14). The van der Waals surface area contributed by atoms with Crippen LogP contribution in [0.4, 0.5) is 5.69 Å². The van der Waals surface area contributed by atoms with E-state index in [0.717, 1.165) is 6.26 Å². The summed E-state index contributed by atoms with van der Waals surface area (Å²) in [6, 6.07) is 2.82. The first kappa shape index (κ1) is 12.7. The van der Waals surface area contributed by atoms with E-state index in [4.69, 9.17) is 0 Å². The SMILES string of the molecule is CS(=O)(=O)c1ccc(NC(=O)c2cscn2)cn1. The smallest absolute Gasteiger partial charge is 0.275 e. The molecular formula is C10H9N3O3S2. The second-order valence-corrected chi connectivity index (χ2v) is 6.17. The summed E-state index contributed by atoms with van der Waals surface area (Å²) in [5, 5.41) is 4.16. The summed E-state index contributed by atoms with van der Waals surface area (Å²) >= 11 is 1.32. The van der Waals surface area contributed by atoms with Crippen molar-refractivity contribution in [3.05, 3.63) is 34.9 Å². The van der Waals surface area contributed by atoms with E-state index in [2.05, 4.69) is 15.3 Å². The number of carbonyl (C=O) groups is 1. The quantitative estimate of drug-likeness (QED) is 0.914. The van der Waals surface area contributed by atoms with Gasteiger partial charge in [0, 0.05) is 11.6 Å². The molecule has 0 bridgehead atoms. The van der Waals surface area contributed by atoms with Crippen molar-refractivity contribution in [1.82, 2.24) is 9.97 Å². The molecule has 1 amide bonds. The van der Waals surface area contributed by atoms with Crippen LogP contribution in [-0.2, 0) is 9.84 Å². The monoisotopic (exact) mass is 283 g/mol. The van der Waals surface area contributed by atoms with E-state index in [1.165, 1.54) is 29.7 Å². The molecule has 0 radical (unpaired) electrons. The topological polar surface area (TPSA) is 89.0 Å². The van der Waals surface area contributed by atoms with E-state index in [0.29, 0.717) is 11.4 Å². The Labute approximate surface area is 108 Å². The molecular weight excluding hydrogens is 274 g/mol. The summed E-state index contributed by atoms with van der Waals surface area (Å²) in [6.07, 6.45) is 2.36. The Balaban J connectivity index is 2.14. The van der Waals surface area contributed by atoms with Gasteiger partial charge in [0.1, 0.15) is 5.69 Å². The molecule has 8 heteroatoms. The molecule has 2 heterocycles. The Hall–Kier alpha value is -1.80. The number of amides is 1. The highest BCUT2D eigenvalue weighted by molar-refractivity contribution is 7.90. The Bertz CT molecular complexity index is 648.